The highest BCUT2D eigenvalue weighted by Gasteiger charge is 2.35. The van der Waals surface area contributed by atoms with Crippen LogP contribution in [0.15, 0.2) is 6.20 Å². The van der Waals surface area contributed by atoms with Crippen LogP contribution in [0.5, 0.6) is 5.75 Å². The Morgan fingerprint density at radius 1 is 1.56 bits per heavy atom. The molecule has 0 atom stereocenters. The van der Waals surface area contributed by atoms with Crippen molar-refractivity contribution in [1.82, 2.24) is 4.98 Å². The fourth-order valence-corrected chi connectivity index (χ4v) is 2.75. The third kappa shape index (κ3) is 3.70. The minimum Gasteiger partial charge on any atom is -0.465 e. The van der Waals surface area contributed by atoms with Crippen LogP contribution in [-0.4, -0.2) is 24.4 Å². The molecular formula is C9H6BrF3INO3. The van der Waals surface area contributed by atoms with Crippen LogP contribution in [0.4, 0.5) is 13.2 Å². The van der Waals surface area contributed by atoms with Crippen molar-refractivity contribution in [3.8, 4) is 5.75 Å². The third-order valence-corrected chi connectivity index (χ3v) is 3.44. The quantitative estimate of drug-likeness (QED) is 0.412. The van der Waals surface area contributed by atoms with E-state index in [1.807, 2.05) is 0 Å². The van der Waals surface area contributed by atoms with Crippen LogP contribution in [0.2, 0.25) is 0 Å². The van der Waals surface area contributed by atoms with Gasteiger partial charge in [-0.3, -0.25) is 4.98 Å². The van der Waals surface area contributed by atoms with Gasteiger partial charge in [-0.15, -0.1) is 13.2 Å². The third-order valence-electron chi connectivity index (χ3n) is 1.80. The van der Waals surface area contributed by atoms with Gasteiger partial charge in [0.1, 0.15) is 5.56 Å². The van der Waals surface area contributed by atoms with Crippen LogP contribution in [0.3, 0.4) is 0 Å². The Balaban J connectivity index is 3.35. The molecule has 0 aromatic carbocycles. The van der Waals surface area contributed by atoms with E-state index < -0.39 is 18.1 Å². The van der Waals surface area contributed by atoms with E-state index in [1.165, 1.54) is 0 Å². The number of carbonyl (C=O) groups is 1. The molecular weight excluding hydrogens is 434 g/mol. The standard InChI is InChI=1S/C9H6BrF3INO3/c1-17-8(16)4-3-15-5(2-10)6(14)7(4)18-9(11,12)13/h3H,2H2,1H3. The van der Waals surface area contributed by atoms with E-state index in [9.17, 15) is 18.0 Å². The lowest BCUT2D eigenvalue weighted by Crippen LogP contribution is -2.21. The van der Waals surface area contributed by atoms with E-state index in [1.54, 1.807) is 22.6 Å². The number of hydrogen-bond donors (Lipinski definition) is 0. The maximum atomic E-state index is 12.3. The lowest BCUT2D eigenvalue weighted by molar-refractivity contribution is -0.275. The van der Waals surface area contributed by atoms with Crippen LogP contribution in [0.25, 0.3) is 0 Å². The molecule has 4 nitrogen and oxygen atoms in total. The van der Waals surface area contributed by atoms with Crippen molar-refractivity contribution < 1.29 is 27.4 Å². The SMILES string of the molecule is COC(=O)c1cnc(CBr)c(I)c1OC(F)(F)F. The Bertz CT molecular complexity index is 467. The molecule has 0 aliphatic carbocycles. The number of carbonyl (C=O) groups excluding carboxylic acids is 1. The van der Waals surface area contributed by atoms with Gasteiger partial charge < -0.3 is 9.47 Å². The van der Waals surface area contributed by atoms with Gasteiger partial charge in [0, 0.05) is 11.5 Å². The van der Waals surface area contributed by atoms with Gasteiger partial charge in [-0.1, -0.05) is 15.9 Å². The first-order chi connectivity index (χ1) is 8.30. The number of pyridine rings is 1. The zero-order chi connectivity index (χ0) is 13.9. The number of rotatable bonds is 3. The van der Waals surface area contributed by atoms with Crippen molar-refractivity contribution in [2.45, 2.75) is 11.7 Å². The minimum atomic E-state index is -4.90. The number of ether oxygens (including phenoxy) is 2. The Kier molecular flexibility index (Phi) is 5.20. The van der Waals surface area contributed by atoms with Crippen LogP contribution in [0, 0.1) is 3.57 Å². The van der Waals surface area contributed by atoms with Crippen molar-refractivity contribution in [2.75, 3.05) is 7.11 Å². The van der Waals surface area contributed by atoms with Gasteiger partial charge >= 0.3 is 12.3 Å². The fraction of sp³-hybridized carbons (Fsp3) is 0.333. The fourth-order valence-electron chi connectivity index (χ4n) is 1.07. The Morgan fingerprint density at radius 2 is 2.17 bits per heavy atom. The summed E-state index contributed by atoms with van der Waals surface area (Å²) in [5, 5.41) is 0.237. The summed E-state index contributed by atoms with van der Waals surface area (Å²) in [5.41, 5.74) is -0.0357. The molecule has 0 spiro atoms. The van der Waals surface area contributed by atoms with E-state index >= 15 is 0 Å². The average Bonchev–Trinajstić information content (AvgIpc) is 2.29. The molecule has 1 heterocycles. The molecule has 0 saturated heterocycles. The predicted molar refractivity (Wildman–Crippen MR) is 67.6 cm³/mol. The highest BCUT2D eigenvalue weighted by molar-refractivity contribution is 14.1. The normalized spacial score (nSPS) is 11.2. The molecule has 100 valence electrons. The predicted octanol–water partition coefficient (Wildman–Crippen LogP) is 3.27. The van der Waals surface area contributed by atoms with Crippen LogP contribution in [-0.2, 0) is 10.1 Å². The number of aromatic nitrogens is 1. The molecule has 1 aromatic rings. The summed E-state index contributed by atoms with van der Waals surface area (Å²) in [4.78, 5) is 15.2. The maximum Gasteiger partial charge on any atom is 0.573 e. The van der Waals surface area contributed by atoms with E-state index in [0.29, 0.717) is 5.69 Å². The number of nitrogens with zero attached hydrogens (tertiary/aromatic N) is 1. The monoisotopic (exact) mass is 439 g/mol. The zero-order valence-corrected chi connectivity index (χ0v) is 12.6. The molecule has 0 unspecified atom stereocenters. The largest absolute Gasteiger partial charge is 0.573 e. The lowest BCUT2D eigenvalue weighted by Gasteiger charge is -2.15. The Morgan fingerprint density at radius 3 is 2.61 bits per heavy atom. The Labute approximate surface area is 122 Å². The minimum absolute atomic E-state index is 0.102. The Hall–Kier alpha value is -0.580. The van der Waals surface area contributed by atoms with E-state index in [4.69, 9.17) is 0 Å². The van der Waals surface area contributed by atoms with Crippen molar-refractivity contribution in [3.05, 3.63) is 21.0 Å². The van der Waals surface area contributed by atoms with Crippen LogP contribution in [0.1, 0.15) is 16.1 Å². The smallest absolute Gasteiger partial charge is 0.465 e. The van der Waals surface area contributed by atoms with E-state index in [-0.39, 0.29) is 14.5 Å². The molecule has 0 bridgehead atoms. The second-order valence-corrected chi connectivity index (χ2v) is 4.57. The van der Waals surface area contributed by atoms with Crippen LogP contribution >= 0.6 is 38.5 Å². The van der Waals surface area contributed by atoms with Crippen molar-refractivity contribution in [2.24, 2.45) is 0 Å². The van der Waals surface area contributed by atoms with E-state index in [2.05, 4.69) is 30.4 Å². The molecule has 9 heteroatoms. The second kappa shape index (κ2) is 6.04. The molecule has 0 aliphatic heterocycles. The molecule has 0 amide bonds. The molecule has 0 fully saturated rings. The summed E-state index contributed by atoms with van der Waals surface area (Å²) in [6.07, 6.45) is -3.90. The summed E-state index contributed by atoms with van der Waals surface area (Å²) in [6, 6.07) is 0. The first kappa shape index (κ1) is 15.5. The highest BCUT2D eigenvalue weighted by Crippen LogP contribution is 2.33. The van der Waals surface area contributed by atoms with Gasteiger partial charge in [0.25, 0.3) is 0 Å². The lowest BCUT2D eigenvalue weighted by atomic mass is 10.2. The number of esters is 1. The number of halogens is 5. The molecule has 0 saturated carbocycles. The molecule has 18 heavy (non-hydrogen) atoms. The summed E-state index contributed by atoms with van der Waals surface area (Å²) in [7, 11) is 1.06. The average molecular weight is 440 g/mol. The van der Waals surface area contributed by atoms with Gasteiger partial charge in [-0.25, -0.2) is 4.79 Å². The number of methoxy groups -OCH3 is 1. The van der Waals surface area contributed by atoms with Crippen molar-refractivity contribution in [1.29, 1.82) is 0 Å². The van der Waals surface area contributed by atoms with Crippen LogP contribution < -0.4 is 4.74 Å². The number of hydrogen-bond acceptors (Lipinski definition) is 4. The topological polar surface area (TPSA) is 48.4 Å². The van der Waals surface area contributed by atoms with Gasteiger partial charge in [-0.05, 0) is 22.6 Å². The first-order valence-electron chi connectivity index (χ1n) is 4.37. The van der Waals surface area contributed by atoms with Gasteiger partial charge in [-0.2, -0.15) is 0 Å². The van der Waals surface area contributed by atoms with E-state index in [0.717, 1.165) is 13.3 Å². The maximum absolute atomic E-state index is 12.3. The van der Waals surface area contributed by atoms with Gasteiger partial charge in [0.15, 0.2) is 5.75 Å². The van der Waals surface area contributed by atoms with Gasteiger partial charge in [0.05, 0.1) is 16.4 Å². The molecule has 0 N–H and O–H groups in total. The summed E-state index contributed by atoms with van der Waals surface area (Å²) >= 11 is 4.71. The van der Waals surface area contributed by atoms with Crippen molar-refractivity contribution in [3.63, 3.8) is 0 Å². The first-order valence-corrected chi connectivity index (χ1v) is 6.57. The highest BCUT2D eigenvalue weighted by atomic mass is 127. The molecule has 0 radical (unpaired) electrons. The second-order valence-electron chi connectivity index (χ2n) is 2.93. The van der Waals surface area contributed by atoms with Gasteiger partial charge in [0.2, 0.25) is 0 Å². The molecule has 1 rings (SSSR count). The molecule has 1 aromatic heterocycles. The van der Waals surface area contributed by atoms with Crippen molar-refractivity contribution >= 4 is 44.5 Å². The summed E-state index contributed by atoms with van der Waals surface area (Å²) in [6.45, 7) is 0. The zero-order valence-electron chi connectivity index (χ0n) is 8.85. The number of alkyl halides is 4. The summed E-state index contributed by atoms with van der Waals surface area (Å²) in [5.74, 6) is -1.54. The summed E-state index contributed by atoms with van der Waals surface area (Å²) < 4.78 is 45.2. The molecule has 0 aliphatic rings.